The second kappa shape index (κ2) is 16.2. The minimum Gasteiger partial charge on any atom is -0.508 e. The first-order chi connectivity index (χ1) is 26.8. The first kappa shape index (κ1) is 36.7. The molecule has 9 heteroatoms. The number of piperidine rings is 1. The third kappa shape index (κ3) is 8.09. The summed E-state index contributed by atoms with van der Waals surface area (Å²) in [6.07, 6.45) is 3.64. The van der Waals surface area contributed by atoms with Crippen LogP contribution in [0.3, 0.4) is 0 Å². The van der Waals surface area contributed by atoms with E-state index in [1.807, 2.05) is 18.2 Å². The molecule has 0 spiro atoms. The predicted octanol–water partition coefficient (Wildman–Crippen LogP) is 6.21. The van der Waals surface area contributed by atoms with Crippen molar-refractivity contribution in [1.29, 1.82) is 0 Å². The number of allylic oxidation sites excluding steroid dienone is 1. The summed E-state index contributed by atoms with van der Waals surface area (Å²) in [5.74, 6) is 0.188. The molecule has 55 heavy (non-hydrogen) atoms. The number of amides is 3. The smallest absolute Gasteiger partial charge is 0.255 e. The van der Waals surface area contributed by atoms with Crippen LogP contribution in [-0.4, -0.2) is 95.9 Å². The van der Waals surface area contributed by atoms with E-state index in [-0.39, 0.29) is 29.9 Å². The fourth-order valence-corrected chi connectivity index (χ4v) is 8.91. The maximum atomic E-state index is 13.1. The van der Waals surface area contributed by atoms with Crippen LogP contribution in [0.15, 0.2) is 97.1 Å². The van der Waals surface area contributed by atoms with E-state index in [2.05, 4.69) is 93.7 Å². The van der Waals surface area contributed by atoms with Crippen LogP contribution in [0.1, 0.15) is 70.8 Å². The van der Waals surface area contributed by atoms with Crippen LogP contribution in [0.4, 0.5) is 5.69 Å². The van der Waals surface area contributed by atoms with E-state index in [9.17, 15) is 19.5 Å². The number of benzene rings is 4. The van der Waals surface area contributed by atoms with E-state index in [4.69, 9.17) is 0 Å². The molecule has 4 aromatic carbocycles. The van der Waals surface area contributed by atoms with Crippen LogP contribution >= 0.6 is 0 Å². The molecule has 284 valence electrons. The Kier molecular flexibility index (Phi) is 10.8. The number of aromatic hydroxyl groups is 1. The van der Waals surface area contributed by atoms with Gasteiger partial charge in [0.15, 0.2) is 0 Å². The second-order valence-electron chi connectivity index (χ2n) is 15.6. The van der Waals surface area contributed by atoms with Gasteiger partial charge < -0.3 is 24.7 Å². The topological polar surface area (TPSA) is 96.4 Å². The van der Waals surface area contributed by atoms with Crippen molar-refractivity contribution >= 4 is 34.6 Å². The van der Waals surface area contributed by atoms with E-state index in [1.54, 1.807) is 17.0 Å². The number of nitrogens with one attached hydrogen (secondary N) is 1. The molecule has 9 nitrogen and oxygen atoms in total. The van der Waals surface area contributed by atoms with Gasteiger partial charge in [0.25, 0.3) is 5.91 Å². The first-order valence-electron chi connectivity index (χ1n) is 20.0. The zero-order valence-corrected chi connectivity index (χ0v) is 31.8. The number of nitrogens with zero attached hydrogens (tertiary/aromatic N) is 4. The number of carbonyl (C=O) groups excluding carboxylic acids is 3. The van der Waals surface area contributed by atoms with Crippen molar-refractivity contribution in [2.45, 2.75) is 51.6 Å². The molecular formula is C46H51N5O4. The summed E-state index contributed by atoms with van der Waals surface area (Å²) in [5, 5.41) is 12.4. The summed E-state index contributed by atoms with van der Waals surface area (Å²) in [7, 11) is 0. The lowest BCUT2D eigenvalue weighted by molar-refractivity contribution is -0.136. The SMILES string of the molecule is CC/C(=C(\c1ccc(O)cc1)c1ccc(N2CC(CN3CCCN(CCc4ccc5c(c4)CN(C4CCC(=O)NC4=O)C5=O)CC3)C2)cc1)c1ccccc1. The van der Waals surface area contributed by atoms with Crippen molar-refractivity contribution < 1.29 is 19.5 Å². The lowest BCUT2D eigenvalue weighted by Crippen LogP contribution is -2.52. The summed E-state index contributed by atoms with van der Waals surface area (Å²) in [5.41, 5.74) is 10.1. The van der Waals surface area contributed by atoms with Gasteiger partial charge in [-0.25, -0.2) is 0 Å². The Morgan fingerprint density at radius 3 is 2.24 bits per heavy atom. The minimum atomic E-state index is -0.579. The molecule has 4 aliphatic rings. The van der Waals surface area contributed by atoms with Gasteiger partial charge in [0.1, 0.15) is 11.8 Å². The quantitative estimate of drug-likeness (QED) is 0.140. The zero-order chi connectivity index (χ0) is 37.9. The van der Waals surface area contributed by atoms with Gasteiger partial charge in [0.05, 0.1) is 0 Å². The molecule has 2 N–H and O–H groups in total. The van der Waals surface area contributed by atoms with Gasteiger partial charge in [-0.3, -0.25) is 19.7 Å². The second-order valence-corrected chi connectivity index (χ2v) is 15.6. The maximum absolute atomic E-state index is 13.1. The third-order valence-electron chi connectivity index (χ3n) is 11.9. The predicted molar refractivity (Wildman–Crippen MR) is 217 cm³/mol. The first-order valence-corrected chi connectivity index (χ1v) is 20.0. The monoisotopic (exact) mass is 737 g/mol. The van der Waals surface area contributed by atoms with Gasteiger partial charge in [-0.05, 0) is 108 Å². The van der Waals surface area contributed by atoms with Gasteiger partial charge in [-0.15, -0.1) is 0 Å². The average molecular weight is 738 g/mol. The van der Waals surface area contributed by atoms with Crippen molar-refractivity contribution in [3.8, 4) is 5.75 Å². The highest BCUT2D eigenvalue weighted by atomic mass is 16.3. The molecule has 0 bridgehead atoms. The zero-order valence-electron chi connectivity index (χ0n) is 31.8. The summed E-state index contributed by atoms with van der Waals surface area (Å²) in [6.45, 7) is 11.3. The van der Waals surface area contributed by atoms with E-state index >= 15 is 0 Å². The molecule has 0 radical (unpaired) electrons. The summed E-state index contributed by atoms with van der Waals surface area (Å²) in [6, 6.07) is 32.7. The summed E-state index contributed by atoms with van der Waals surface area (Å²) < 4.78 is 0. The third-order valence-corrected chi connectivity index (χ3v) is 11.9. The molecule has 4 aliphatic heterocycles. The number of anilines is 1. The molecular weight excluding hydrogens is 687 g/mol. The highest BCUT2D eigenvalue weighted by Gasteiger charge is 2.39. The molecule has 0 aliphatic carbocycles. The average Bonchev–Trinajstić information content (AvgIpc) is 3.34. The highest BCUT2D eigenvalue weighted by Crippen LogP contribution is 2.36. The normalized spacial score (nSPS) is 20.2. The van der Waals surface area contributed by atoms with Crippen molar-refractivity contribution in [3.63, 3.8) is 0 Å². The van der Waals surface area contributed by atoms with Gasteiger partial charge in [-0.1, -0.05) is 73.7 Å². The summed E-state index contributed by atoms with van der Waals surface area (Å²) in [4.78, 5) is 46.5. The van der Waals surface area contributed by atoms with Crippen molar-refractivity contribution in [2.75, 3.05) is 57.3 Å². The number of phenolic OH excluding ortho intramolecular Hbond substituents is 1. The Hall–Kier alpha value is -5.25. The lowest BCUT2D eigenvalue weighted by Gasteiger charge is -2.43. The molecule has 3 saturated heterocycles. The van der Waals surface area contributed by atoms with E-state index in [0.717, 1.165) is 82.7 Å². The number of carbonyl (C=O) groups is 3. The molecule has 1 unspecified atom stereocenters. The molecule has 0 saturated carbocycles. The molecule has 8 rings (SSSR count). The highest BCUT2D eigenvalue weighted by molar-refractivity contribution is 6.05. The van der Waals surface area contributed by atoms with Crippen molar-refractivity contribution in [1.82, 2.24) is 20.0 Å². The molecule has 4 heterocycles. The largest absolute Gasteiger partial charge is 0.508 e. The van der Waals surface area contributed by atoms with E-state index < -0.39 is 6.04 Å². The Balaban J connectivity index is 0.823. The van der Waals surface area contributed by atoms with Gasteiger partial charge in [0, 0.05) is 69.4 Å². The standard InChI is InChI=1S/C46H51N5O4/c1-2-40(34-7-4-3-5-8-34)44(36-12-16-39(52)17-13-36)35-10-14-38(15-11-35)50-29-33(30-50)28-49-23-6-22-48(25-26-49)24-21-32-9-18-41-37(27-32)31-51(46(41)55)42-19-20-43(53)47-45(42)54/h3-5,7-18,27,33,42,52H,2,6,19-26,28-31H2,1H3,(H,47,53,54)/b44-40+. The Morgan fingerprint density at radius 2 is 1.51 bits per heavy atom. The summed E-state index contributed by atoms with van der Waals surface area (Å²) >= 11 is 0. The molecule has 3 amide bonds. The van der Waals surface area contributed by atoms with E-state index in [0.29, 0.717) is 24.4 Å². The number of fused-ring (bicyclic) bond motifs is 1. The number of hydrogen-bond donors (Lipinski definition) is 2. The van der Waals surface area contributed by atoms with Gasteiger partial charge in [0.2, 0.25) is 11.8 Å². The van der Waals surface area contributed by atoms with E-state index in [1.165, 1.54) is 33.5 Å². The molecule has 4 aromatic rings. The van der Waals surface area contributed by atoms with Gasteiger partial charge >= 0.3 is 0 Å². The molecule has 3 fully saturated rings. The van der Waals surface area contributed by atoms with Crippen molar-refractivity contribution in [3.05, 3.63) is 130 Å². The fraction of sp³-hybridized carbons (Fsp3) is 0.370. The Bertz CT molecular complexity index is 2060. The van der Waals surface area contributed by atoms with Crippen LogP contribution in [0.5, 0.6) is 5.75 Å². The number of rotatable bonds is 11. The fourth-order valence-electron chi connectivity index (χ4n) is 8.91. The number of phenols is 1. The Morgan fingerprint density at radius 1 is 0.800 bits per heavy atom. The van der Waals surface area contributed by atoms with Gasteiger partial charge in [-0.2, -0.15) is 0 Å². The van der Waals surface area contributed by atoms with Crippen LogP contribution in [0.25, 0.3) is 11.1 Å². The molecule has 1 atom stereocenters. The number of imide groups is 1. The molecule has 0 aromatic heterocycles. The van der Waals surface area contributed by atoms with Crippen LogP contribution in [0, 0.1) is 5.92 Å². The van der Waals surface area contributed by atoms with Crippen LogP contribution < -0.4 is 10.2 Å². The van der Waals surface area contributed by atoms with Crippen molar-refractivity contribution in [2.24, 2.45) is 5.92 Å². The van der Waals surface area contributed by atoms with Crippen LogP contribution in [-0.2, 0) is 22.6 Å². The minimum absolute atomic E-state index is 0.117. The van der Waals surface area contributed by atoms with Crippen LogP contribution in [0.2, 0.25) is 0 Å². The number of hydrogen-bond acceptors (Lipinski definition) is 7. The maximum Gasteiger partial charge on any atom is 0.255 e. The Labute approximate surface area is 324 Å². The lowest BCUT2D eigenvalue weighted by atomic mass is 9.88.